The number of nitrogens with zero attached hydrogens (tertiary/aromatic N) is 1. The number of hydrogen-bond acceptors (Lipinski definition) is 3. The van der Waals surface area contributed by atoms with E-state index >= 15 is 0 Å². The highest BCUT2D eigenvalue weighted by Crippen LogP contribution is 2.55. The van der Waals surface area contributed by atoms with Gasteiger partial charge in [0.15, 0.2) is 0 Å². The normalized spacial score (nSPS) is 27.8. The minimum atomic E-state index is -0.686. The van der Waals surface area contributed by atoms with Gasteiger partial charge in [0.05, 0.1) is 12.5 Å². The Bertz CT molecular complexity index is 339. The van der Waals surface area contributed by atoms with E-state index in [-0.39, 0.29) is 6.42 Å². The monoisotopic (exact) mass is 297 g/mol. The predicted molar refractivity (Wildman–Crippen MR) is 83.5 cm³/mol. The highest BCUT2D eigenvalue weighted by Gasteiger charge is 2.57. The summed E-state index contributed by atoms with van der Waals surface area (Å²) in [6.45, 7) is 6.76. The fraction of sp³-hybridized carbons (Fsp3) is 0.941. The van der Waals surface area contributed by atoms with Crippen molar-refractivity contribution in [2.45, 2.75) is 77.4 Å². The molecule has 4 nitrogen and oxygen atoms in total. The second-order valence-electron chi connectivity index (χ2n) is 6.67. The molecule has 2 atom stereocenters. The van der Waals surface area contributed by atoms with Crippen molar-refractivity contribution in [1.29, 1.82) is 0 Å². The SMILES string of the molecule is CCCN(CCC(=O)O)C1CC(OCC)C12CCCCC2. The maximum atomic E-state index is 10.9. The van der Waals surface area contributed by atoms with Gasteiger partial charge in [-0.1, -0.05) is 26.2 Å². The van der Waals surface area contributed by atoms with Crippen molar-refractivity contribution in [3.8, 4) is 0 Å². The standard InChI is InChI=1S/C17H31NO3/c1-3-11-18(12-8-16(19)20)14-13-15(21-4-2)17(14)9-6-5-7-10-17/h14-15H,3-13H2,1-2H3,(H,19,20). The lowest BCUT2D eigenvalue weighted by atomic mass is 9.54. The van der Waals surface area contributed by atoms with Gasteiger partial charge in [0, 0.05) is 24.6 Å². The highest BCUT2D eigenvalue weighted by atomic mass is 16.5. The summed E-state index contributed by atoms with van der Waals surface area (Å²) in [5.74, 6) is -0.686. The molecule has 0 aromatic rings. The molecular weight excluding hydrogens is 266 g/mol. The van der Waals surface area contributed by atoms with Crippen LogP contribution in [0.15, 0.2) is 0 Å². The Labute approximate surface area is 128 Å². The molecule has 2 rings (SSSR count). The van der Waals surface area contributed by atoms with Crippen LogP contribution in [0, 0.1) is 5.41 Å². The van der Waals surface area contributed by atoms with Crippen molar-refractivity contribution in [2.75, 3.05) is 19.7 Å². The van der Waals surface area contributed by atoms with Crippen LogP contribution in [0.2, 0.25) is 0 Å². The molecule has 21 heavy (non-hydrogen) atoms. The van der Waals surface area contributed by atoms with Gasteiger partial charge in [-0.2, -0.15) is 0 Å². The molecule has 0 heterocycles. The fourth-order valence-electron chi connectivity index (χ4n) is 4.49. The lowest BCUT2D eigenvalue weighted by Crippen LogP contribution is -2.65. The molecule has 0 aliphatic heterocycles. The number of ether oxygens (including phenoxy) is 1. The summed E-state index contributed by atoms with van der Waals surface area (Å²) in [4.78, 5) is 13.4. The molecule has 1 N–H and O–H groups in total. The van der Waals surface area contributed by atoms with E-state index in [4.69, 9.17) is 9.84 Å². The molecule has 0 bridgehead atoms. The van der Waals surface area contributed by atoms with Crippen molar-refractivity contribution in [1.82, 2.24) is 4.90 Å². The van der Waals surface area contributed by atoms with Gasteiger partial charge in [-0.15, -0.1) is 0 Å². The maximum Gasteiger partial charge on any atom is 0.304 e. The van der Waals surface area contributed by atoms with Gasteiger partial charge in [-0.05, 0) is 39.2 Å². The van der Waals surface area contributed by atoms with Gasteiger partial charge < -0.3 is 9.84 Å². The zero-order valence-electron chi connectivity index (χ0n) is 13.6. The molecule has 1 spiro atoms. The first-order valence-corrected chi connectivity index (χ1v) is 8.71. The van der Waals surface area contributed by atoms with Crippen molar-refractivity contribution in [2.24, 2.45) is 5.41 Å². The first-order chi connectivity index (χ1) is 10.1. The zero-order valence-corrected chi connectivity index (χ0v) is 13.6. The van der Waals surface area contributed by atoms with Crippen LogP contribution in [0.1, 0.15) is 65.2 Å². The Hall–Kier alpha value is -0.610. The Balaban J connectivity index is 2.05. The Morgan fingerprint density at radius 2 is 1.95 bits per heavy atom. The molecule has 2 fully saturated rings. The number of rotatable bonds is 8. The highest BCUT2D eigenvalue weighted by molar-refractivity contribution is 5.66. The minimum absolute atomic E-state index is 0.256. The van der Waals surface area contributed by atoms with Crippen molar-refractivity contribution in [3.05, 3.63) is 0 Å². The van der Waals surface area contributed by atoms with Crippen molar-refractivity contribution in [3.63, 3.8) is 0 Å². The van der Waals surface area contributed by atoms with Crippen molar-refractivity contribution < 1.29 is 14.6 Å². The number of hydrogen-bond donors (Lipinski definition) is 1. The summed E-state index contributed by atoms with van der Waals surface area (Å²) in [6.07, 6.45) is 9.31. The van der Waals surface area contributed by atoms with Crippen LogP contribution in [-0.4, -0.2) is 47.8 Å². The van der Waals surface area contributed by atoms with Crippen molar-refractivity contribution >= 4 is 5.97 Å². The van der Waals surface area contributed by atoms with Crippen LogP contribution in [-0.2, 0) is 9.53 Å². The molecule has 122 valence electrons. The van der Waals surface area contributed by atoms with E-state index < -0.39 is 5.97 Å². The molecule has 0 aromatic heterocycles. The molecule has 2 unspecified atom stereocenters. The van der Waals surface area contributed by atoms with E-state index in [2.05, 4.69) is 18.7 Å². The van der Waals surface area contributed by atoms with Crippen LogP contribution in [0.3, 0.4) is 0 Å². The van der Waals surface area contributed by atoms with E-state index in [1.54, 1.807) is 0 Å². The Morgan fingerprint density at radius 3 is 2.52 bits per heavy atom. The van der Waals surface area contributed by atoms with Gasteiger partial charge in [-0.25, -0.2) is 0 Å². The average molecular weight is 297 g/mol. The lowest BCUT2D eigenvalue weighted by Gasteiger charge is -2.61. The molecular formula is C17H31NO3. The van der Waals surface area contributed by atoms with E-state index in [9.17, 15) is 4.79 Å². The molecule has 4 heteroatoms. The zero-order chi connectivity index (χ0) is 15.3. The lowest BCUT2D eigenvalue weighted by molar-refractivity contribution is -0.183. The van der Waals surface area contributed by atoms with E-state index in [1.807, 2.05) is 0 Å². The smallest absolute Gasteiger partial charge is 0.304 e. The average Bonchev–Trinajstić information content (AvgIpc) is 2.49. The summed E-state index contributed by atoms with van der Waals surface area (Å²) in [5, 5.41) is 8.99. The third-order valence-corrected chi connectivity index (χ3v) is 5.46. The number of carboxylic acid groups (broad SMARTS) is 1. The number of aliphatic carboxylic acids is 1. The molecule has 0 saturated heterocycles. The molecule has 0 radical (unpaired) electrons. The molecule has 2 aliphatic carbocycles. The Kier molecular flexibility index (Phi) is 6.06. The molecule has 2 aliphatic rings. The van der Waals surface area contributed by atoms with Gasteiger partial charge >= 0.3 is 5.97 Å². The minimum Gasteiger partial charge on any atom is -0.481 e. The van der Waals surface area contributed by atoms with E-state index in [0.717, 1.165) is 26.0 Å². The summed E-state index contributed by atoms with van der Waals surface area (Å²) in [7, 11) is 0. The second kappa shape index (κ2) is 7.59. The quantitative estimate of drug-likeness (QED) is 0.747. The third-order valence-electron chi connectivity index (χ3n) is 5.46. The van der Waals surface area contributed by atoms with Crippen LogP contribution >= 0.6 is 0 Å². The largest absolute Gasteiger partial charge is 0.481 e. The number of carboxylic acids is 1. The molecule has 0 amide bonds. The summed E-state index contributed by atoms with van der Waals surface area (Å²) < 4.78 is 6.01. The van der Waals surface area contributed by atoms with Gasteiger partial charge in [0.2, 0.25) is 0 Å². The summed E-state index contributed by atoms with van der Waals surface area (Å²) in [6, 6.07) is 0.536. The van der Waals surface area contributed by atoms with Gasteiger partial charge in [0.25, 0.3) is 0 Å². The van der Waals surface area contributed by atoms with Crippen LogP contribution in [0.25, 0.3) is 0 Å². The summed E-state index contributed by atoms with van der Waals surface area (Å²) in [5.41, 5.74) is 0.307. The Morgan fingerprint density at radius 1 is 1.24 bits per heavy atom. The van der Waals surface area contributed by atoms with Crippen LogP contribution < -0.4 is 0 Å². The van der Waals surface area contributed by atoms with Crippen LogP contribution in [0.5, 0.6) is 0 Å². The maximum absolute atomic E-state index is 10.9. The van der Waals surface area contributed by atoms with Gasteiger partial charge in [0.1, 0.15) is 0 Å². The first kappa shape index (κ1) is 16.8. The topological polar surface area (TPSA) is 49.8 Å². The number of carbonyl (C=O) groups is 1. The van der Waals surface area contributed by atoms with Crippen LogP contribution in [0.4, 0.5) is 0 Å². The second-order valence-corrected chi connectivity index (χ2v) is 6.67. The summed E-state index contributed by atoms with van der Waals surface area (Å²) >= 11 is 0. The third kappa shape index (κ3) is 3.59. The molecule has 2 saturated carbocycles. The van der Waals surface area contributed by atoms with E-state index in [0.29, 0.717) is 24.1 Å². The predicted octanol–water partition coefficient (Wildman–Crippen LogP) is 3.30. The fourth-order valence-corrected chi connectivity index (χ4v) is 4.49. The molecule has 0 aromatic carbocycles. The van der Waals surface area contributed by atoms with Gasteiger partial charge in [-0.3, -0.25) is 9.69 Å². The van der Waals surface area contributed by atoms with E-state index in [1.165, 1.54) is 32.1 Å². The first-order valence-electron chi connectivity index (χ1n) is 8.71.